The fourth-order valence-electron chi connectivity index (χ4n) is 4.38. The molecule has 1 aliphatic rings. The van der Waals surface area contributed by atoms with E-state index in [1.165, 1.54) is 0 Å². The van der Waals surface area contributed by atoms with Crippen molar-refractivity contribution in [2.75, 3.05) is 13.2 Å². The van der Waals surface area contributed by atoms with Crippen LogP contribution in [0.25, 0.3) is 5.82 Å². The van der Waals surface area contributed by atoms with E-state index >= 15 is 0 Å². The van der Waals surface area contributed by atoms with Crippen LogP contribution in [-0.2, 0) is 9.53 Å². The average Bonchev–Trinajstić information content (AvgIpc) is 3.25. The van der Waals surface area contributed by atoms with Crippen LogP contribution in [0.1, 0.15) is 47.2 Å². The Kier molecular flexibility index (Phi) is 6.23. The Balaban J connectivity index is 1.83. The first-order valence-corrected chi connectivity index (χ1v) is 11.1. The number of nitrogens with zero attached hydrogens (tertiary/aromatic N) is 4. The maximum atomic E-state index is 12.4. The predicted octanol–water partition coefficient (Wildman–Crippen LogP) is 3.73. The number of carbonyl (C=O) groups excluding carboxylic acids is 1. The highest BCUT2D eigenvalue weighted by Crippen LogP contribution is 2.41. The number of rotatable bonds is 6. The Morgan fingerprint density at radius 2 is 1.94 bits per heavy atom. The maximum Gasteiger partial charge on any atom is 0.325 e. The van der Waals surface area contributed by atoms with Crippen molar-refractivity contribution in [2.45, 2.75) is 39.8 Å². The normalized spacial score (nSPS) is 18.0. The molecule has 0 radical (unpaired) electrons. The summed E-state index contributed by atoms with van der Waals surface area (Å²) in [6.07, 6.45) is 3.57. The van der Waals surface area contributed by atoms with Crippen molar-refractivity contribution in [3.05, 3.63) is 77.0 Å². The molecule has 166 valence electrons. The van der Waals surface area contributed by atoms with Crippen molar-refractivity contribution in [3.63, 3.8) is 0 Å². The van der Waals surface area contributed by atoms with Crippen molar-refractivity contribution < 1.29 is 9.53 Å². The van der Waals surface area contributed by atoms with Gasteiger partial charge in [0, 0.05) is 23.8 Å². The number of aryl methyl sites for hydroxylation is 2. The van der Waals surface area contributed by atoms with Gasteiger partial charge in [-0.1, -0.05) is 12.1 Å². The number of nitrogens with one attached hydrogen (secondary N) is 1. The lowest BCUT2D eigenvalue weighted by molar-refractivity contribution is -0.143. The summed E-state index contributed by atoms with van der Waals surface area (Å²) in [7, 11) is 0. The monoisotopic (exact) mass is 449 g/mol. The van der Waals surface area contributed by atoms with E-state index < -0.39 is 0 Å². The fraction of sp³-hybridized carbons (Fsp3) is 0.333. The van der Waals surface area contributed by atoms with Gasteiger partial charge in [0.2, 0.25) is 0 Å². The van der Waals surface area contributed by atoms with E-state index in [0.717, 1.165) is 34.0 Å². The van der Waals surface area contributed by atoms with Gasteiger partial charge in [0.05, 0.1) is 24.4 Å². The van der Waals surface area contributed by atoms with Gasteiger partial charge >= 0.3 is 5.97 Å². The van der Waals surface area contributed by atoms with E-state index in [1.54, 1.807) is 19.3 Å². The van der Waals surface area contributed by atoms with Gasteiger partial charge in [-0.05, 0) is 75.3 Å². The zero-order valence-corrected chi connectivity index (χ0v) is 19.5. The molecule has 8 heteroatoms. The van der Waals surface area contributed by atoms with E-state index in [-0.39, 0.29) is 24.6 Å². The molecule has 0 bridgehead atoms. The molecule has 1 fully saturated rings. The molecule has 1 N–H and O–H groups in total. The van der Waals surface area contributed by atoms with Crippen molar-refractivity contribution >= 4 is 23.3 Å². The number of aromatic nitrogens is 3. The Bertz CT molecular complexity index is 1140. The molecule has 0 amide bonds. The highest BCUT2D eigenvalue weighted by molar-refractivity contribution is 7.80. The van der Waals surface area contributed by atoms with E-state index in [9.17, 15) is 4.79 Å². The molecule has 3 aromatic heterocycles. The highest BCUT2D eigenvalue weighted by atomic mass is 32.1. The van der Waals surface area contributed by atoms with E-state index in [4.69, 9.17) is 17.0 Å². The second-order valence-corrected chi connectivity index (χ2v) is 8.25. The first-order chi connectivity index (χ1) is 15.4. The van der Waals surface area contributed by atoms with Crippen LogP contribution in [0.15, 0.2) is 48.8 Å². The molecule has 7 nitrogen and oxygen atoms in total. The van der Waals surface area contributed by atoms with Crippen molar-refractivity contribution in [2.24, 2.45) is 0 Å². The lowest BCUT2D eigenvalue weighted by Crippen LogP contribution is -2.35. The van der Waals surface area contributed by atoms with E-state index in [0.29, 0.717) is 11.7 Å². The minimum absolute atomic E-state index is 0.0694. The van der Waals surface area contributed by atoms with E-state index in [1.807, 2.05) is 29.2 Å². The molecule has 1 aliphatic heterocycles. The van der Waals surface area contributed by atoms with Gasteiger partial charge in [0.25, 0.3) is 0 Å². The number of carbonyl (C=O) groups is 1. The van der Waals surface area contributed by atoms with Crippen LogP contribution in [0, 0.1) is 20.8 Å². The van der Waals surface area contributed by atoms with Crippen LogP contribution in [0.2, 0.25) is 0 Å². The number of hydrogen-bond donors (Lipinski definition) is 1. The van der Waals surface area contributed by atoms with Gasteiger partial charge in [-0.3, -0.25) is 9.78 Å². The summed E-state index contributed by atoms with van der Waals surface area (Å²) < 4.78 is 7.38. The molecule has 0 aliphatic carbocycles. The van der Waals surface area contributed by atoms with Crippen LogP contribution in [0.5, 0.6) is 0 Å². The number of hydrogen-bond acceptors (Lipinski definition) is 5. The van der Waals surface area contributed by atoms with Crippen LogP contribution in [0.3, 0.4) is 0 Å². The molecule has 0 spiro atoms. The summed E-state index contributed by atoms with van der Waals surface area (Å²) in [6, 6.07) is 11.5. The summed E-state index contributed by atoms with van der Waals surface area (Å²) in [5.41, 5.74) is 5.14. The smallest absolute Gasteiger partial charge is 0.325 e. The number of esters is 1. The Labute approximate surface area is 193 Å². The highest BCUT2D eigenvalue weighted by Gasteiger charge is 2.42. The van der Waals surface area contributed by atoms with Crippen LogP contribution in [-0.4, -0.2) is 43.7 Å². The lowest BCUT2D eigenvalue weighted by Gasteiger charge is -2.27. The minimum atomic E-state index is -0.308. The molecular weight excluding hydrogens is 422 g/mol. The van der Waals surface area contributed by atoms with Gasteiger partial charge in [0.15, 0.2) is 5.11 Å². The Morgan fingerprint density at radius 3 is 2.62 bits per heavy atom. The van der Waals surface area contributed by atoms with Gasteiger partial charge in [-0.25, -0.2) is 4.98 Å². The molecule has 2 atom stereocenters. The third kappa shape index (κ3) is 3.98. The second kappa shape index (κ2) is 9.08. The zero-order chi connectivity index (χ0) is 22.8. The molecule has 0 saturated carbocycles. The van der Waals surface area contributed by atoms with E-state index in [2.05, 4.69) is 52.8 Å². The van der Waals surface area contributed by atoms with Crippen LogP contribution >= 0.6 is 12.2 Å². The summed E-state index contributed by atoms with van der Waals surface area (Å²) in [5, 5.41) is 3.90. The van der Waals surface area contributed by atoms with Crippen molar-refractivity contribution in [1.82, 2.24) is 24.8 Å². The van der Waals surface area contributed by atoms with Crippen LogP contribution < -0.4 is 5.32 Å². The molecule has 0 aromatic carbocycles. The minimum Gasteiger partial charge on any atom is -0.465 e. The first kappa shape index (κ1) is 22.0. The number of thiocarbonyl (C=S) groups is 1. The molecular formula is C24H27N5O2S. The van der Waals surface area contributed by atoms with Gasteiger partial charge in [-0.2, -0.15) is 0 Å². The Hall–Kier alpha value is -3.26. The largest absolute Gasteiger partial charge is 0.465 e. The summed E-state index contributed by atoms with van der Waals surface area (Å²) >= 11 is 5.65. The molecule has 32 heavy (non-hydrogen) atoms. The average molecular weight is 450 g/mol. The zero-order valence-electron chi connectivity index (χ0n) is 18.7. The van der Waals surface area contributed by atoms with Gasteiger partial charge in [-0.15, -0.1) is 0 Å². The lowest BCUT2D eigenvalue weighted by atomic mass is 9.97. The summed E-state index contributed by atoms with van der Waals surface area (Å²) in [6.45, 7) is 8.40. The quantitative estimate of drug-likeness (QED) is 0.454. The summed E-state index contributed by atoms with van der Waals surface area (Å²) in [5.74, 6) is 0.589. The summed E-state index contributed by atoms with van der Waals surface area (Å²) in [4.78, 5) is 23.5. The Morgan fingerprint density at radius 1 is 1.16 bits per heavy atom. The molecule has 0 unspecified atom stereocenters. The topological polar surface area (TPSA) is 72.3 Å². The van der Waals surface area contributed by atoms with Crippen molar-refractivity contribution in [3.8, 4) is 5.82 Å². The first-order valence-electron chi connectivity index (χ1n) is 10.7. The molecule has 3 aromatic rings. The fourth-order valence-corrected chi connectivity index (χ4v) is 4.69. The van der Waals surface area contributed by atoms with Gasteiger partial charge in [0.1, 0.15) is 12.4 Å². The molecule has 1 saturated heterocycles. The number of ether oxygens (including phenoxy) is 1. The van der Waals surface area contributed by atoms with Crippen LogP contribution in [0.4, 0.5) is 0 Å². The standard InChI is InChI=1S/C24H27N5O2S/c1-5-31-20(30)14-28-22(21(27-24(28)32)19-10-6-7-11-25-19)18-13-16(3)29(17(18)4)23-15(2)9-8-12-26-23/h6-13,21-22H,5,14H2,1-4H3,(H,27,32)/t21-,22-/m0/s1. The third-order valence-corrected chi connectivity index (χ3v) is 6.14. The van der Waals surface area contributed by atoms with Crippen molar-refractivity contribution in [1.29, 1.82) is 0 Å². The van der Waals surface area contributed by atoms with Gasteiger partial charge < -0.3 is 19.5 Å². The SMILES string of the molecule is CCOC(=O)CN1C(=S)N[C@@H](c2ccccn2)[C@@H]1c1cc(C)n(-c2ncccc2C)c1C. The predicted molar refractivity (Wildman–Crippen MR) is 127 cm³/mol. The molecule has 4 heterocycles. The maximum absolute atomic E-state index is 12.4. The number of pyridine rings is 2. The molecule has 4 rings (SSSR count). The second-order valence-electron chi connectivity index (χ2n) is 7.87. The third-order valence-electron chi connectivity index (χ3n) is 5.79.